The molecule has 0 spiro atoms. The van der Waals surface area contributed by atoms with Crippen LogP contribution < -0.4 is 10.1 Å². The molecular weight excluding hydrogens is 373 g/mol. The molecule has 1 N–H and O–H groups in total. The van der Waals surface area contributed by atoms with E-state index in [2.05, 4.69) is 10.4 Å². The minimum absolute atomic E-state index is 0. The molecule has 0 atom stereocenters. The first-order valence-electron chi connectivity index (χ1n) is 9.21. The van der Waals surface area contributed by atoms with E-state index < -0.39 is 0 Å². The molecule has 2 aromatic heterocycles. The second-order valence-electron chi connectivity index (χ2n) is 6.31. The Labute approximate surface area is 172 Å². The highest BCUT2D eigenvalue weighted by Gasteiger charge is 2.22. The van der Waals surface area contributed by atoms with Crippen LogP contribution in [0.3, 0.4) is 0 Å². The zero-order chi connectivity index (χ0) is 18.7. The highest BCUT2D eigenvalue weighted by Crippen LogP contribution is 2.40. The summed E-state index contributed by atoms with van der Waals surface area (Å²) in [6.45, 7) is 7.85. The fraction of sp³-hybridized carbons (Fsp3) is 0.500. The van der Waals surface area contributed by atoms with Crippen LogP contribution in [-0.2, 0) is 7.05 Å². The molecule has 1 aliphatic rings. The number of aryl methyl sites for hydroxylation is 2. The van der Waals surface area contributed by atoms with Crippen molar-refractivity contribution < 1.29 is 9.13 Å². The molecule has 1 saturated heterocycles. The first kappa shape index (κ1) is 24.1. The summed E-state index contributed by atoms with van der Waals surface area (Å²) in [5.41, 5.74) is 3.35. The summed E-state index contributed by atoms with van der Waals surface area (Å²) in [6, 6.07) is 5.35. The van der Waals surface area contributed by atoms with Gasteiger partial charge >= 0.3 is 0 Å². The van der Waals surface area contributed by atoms with Crippen molar-refractivity contribution in [3.63, 3.8) is 0 Å². The molecule has 1 fully saturated rings. The average molecular weight is 408 g/mol. The lowest BCUT2D eigenvalue weighted by atomic mass is 10.1. The number of nitrogens with one attached hydrogen (secondary N) is 1. The quantitative estimate of drug-likeness (QED) is 0.563. The number of thiophene rings is 1. The van der Waals surface area contributed by atoms with Crippen LogP contribution in [0.4, 0.5) is 4.39 Å². The maximum atomic E-state index is 14.4. The van der Waals surface area contributed by atoms with Crippen LogP contribution in [0.1, 0.15) is 47.1 Å². The number of halogens is 1. The van der Waals surface area contributed by atoms with Gasteiger partial charge in [0.1, 0.15) is 16.6 Å². The molecule has 156 valence electrons. The highest BCUT2D eigenvalue weighted by atomic mass is 32.1. The third-order valence-corrected chi connectivity index (χ3v) is 5.46. The van der Waals surface area contributed by atoms with Gasteiger partial charge in [-0.2, -0.15) is 0 Å². The Bertz CT molecular complexity index is 881. The molecule has 0 saturated carbocycles. The van der Waals surface area contributed by atoms with Crippen molar-refractivity contribution in [1.82, 2.24) is 15.1 Å². The zero-order valence-electron chi connectivity index (χ0n) is 15.8. The van der Waals surface area contributed by atoms with Gasteiger partial charge in [-0.3, -0.25) is 4.68 Å². The molecule has 0 bridgehead atoms. The topological polar surface area (TPSA) is 39.1 Å². The van der Waals surface area contributed by atoms with E-state index in [9.17, 15) is 4.39 Å². The Morgan fingerprint density at radius 3 is 2.50 bits per heavy atom. The fourth-order valence-electron chi connectivity index (χ4n) is 3.23. The number of nitrogens with zero attached hydrogens (tertiary/aromatic N) is 2. The van der Waals surface area contributed by atoms with Gasteiger partial charge in [0.05, 0.1) is 5.52 Å². The van der Waals surface area contributed by atoms with Crippen LogP contribution in [0, 0.1) is 12.7 Å². The maximum Gasteiger partial charge on any atom is 0.251 e. The van der Waals surface area contributed by atoms with Gasteiger partial charge in [0, 0.05) is 23.6 Å². The van der Waals surface area contributed by atoms with E-state index in [1.54, 1.807) is 22.1 Å². The van der Waals surface area contributed by atoms with E-state index in [0.29, 0.717) is 11.4 Å². The van der Waals surface area contributed by atoms with E-state index in [1.165, 1.54) is 0 Å². The average Bonchev–Trinajstić information content (AvgIpc) is 3.20. The Kier molecular flexibility index (Phi) is 9.11. The summed E-state index contributed by atoms with van der Waals surface area (Å²) in [5.74, 6) is 0.472. The van der Waals surface area contributed by atoms with Crippen molar-refractivity contribution in [1.29, 1.82) is 0 Å². The van der Waals surface area contributed by atoms with Crippen LogP contribution in [0.25, 0.3) is 21.3 Å². The smallest absolute Gasteiger partial charge is 0.251 e. The summed E-state index contributed by atoms with van der Waals surface area (Å²) in [5, 5.41) is 9.87. The Balaban J connectivity index is 0.000000950. The molecule has 4 rings (SSSR count). The first-order chi connectivity index (χ1) is 12.6. The number of ether oxygens (including phenoxy) is 1. The second kappa shape index (κ2) is 10.6. The first-order valence-corrected chi connectivity index (χ1v) is 10.1. The number of aromatic nitrogens is 2. The predicted octanol–water partition coefficient (Wildman–Crippen LogP) is 6.18. The number of piperidine rings is 1. The summed E-state index contributed by atoms with van der Waals surface area (Å²) < 4.78 is 23.3. The zero-order valence-corrected chi connectivity index (χ0v) is 16.6. The molecule has 0 amide bonds. The van der Waals surface area contributed by atoms with Crippen molar-refractivity contribution >= 4 is 21.6 Å². The minimum atomic E-state index is -0.197. The van der Waals surface area contributed by atoms with Crippen molar-refractivity contribution in [2.45, 2.75) is 54.6 Å². The standard InChI is InChI=1S/C18H20FN3OS.C2H6.2CH4/c1-11-3-4-13(15(19)9-11)14-10-24-17-16(14)22(2)21-18(17)23-12-5-7-20-8-6-12;1-2;;/h3-4,9-10,12,20H,5-8H2,1-2H3;1-2H3;2*1H4. The summed E-state index contributed by atoms with van der Waals surface area (Å²) in [4.78, 5) is 0. The Morgan fingerprint density at radius 2 is 1.86 bits per heavy atom. The fourth-order valence-corrected chi connectivity index (χ4v) is 4.25. The molecular formula is C22H34FN3OS. The summed E-state index contributed by atoms with van der Waals surface area (Å²) in [6.07, 6.45) is 2.18. The number of fused-ring (bicyclic) bond motifs is 1. The largest absolute Gasteiger partial charge is 0.472 e. The molecule has 3 aromatic rings. The third kappa shape index (κ3) is 4.73. The SMILES string of the molecule is C.C.CC.Cc1ccc(-c2csc3c(OC4CCNCC4)nn(C)c23)c(F)c1. The van der Waals surface area contributed by atoms with E-state index in [-0.39, 0.29) is 26.8 Å². The Hall–Kier alpha value is -1.92. The minimum Gasteiger partial charge on any atom is -0.472 e. The monoisotopic (exact) mass is 407 g/mol. The van der Waals surface area contributed by atoms with Crippen molar-refractivity contribution in [2.75, 3.05) is 13.1 Å². The molecule has 3 heterocycles. The van der Waals surface area contributed by atoms with Gasteiger partial charge < -0.3 is 10.1 Å². The number of rotatable bonds is 3. The summed E-state index contributed by atoms with van der Waals surface area (Å²) >= 11 is 1.57. The number of hydrogen-bond acceptors (Lipinski definition) is 4. The van der Waals surface area contributed by atoms with Gasteiger partial charge in [-0.1, -0.05) is 40.8 Å². The van der Waals surface area contributed by atoms with Crippen LogP contribution in [0.2, 0.25) is 0 Å². The molecule has 0 radical (unpaired) electrons. The molecule has 1 aromatic carbocycles. The van der Waals surface area contributed by atoms with Gasteiger partial charge in [0.15, 0.2) is 0 Å². The molecule has 28 heavy (non-hydrogen) atoms. The lowest BCUT2D eigenvalue weighted by Gasteiger charge is -2.22. The van der Waals surface area contributed by atoms with Crippen LogP contribution in [-0.4, -0.2) is 29.0 Å². The maximum absolute atomic E-state index is 14.4. The Morgan fingerprint density at radius 1 is 1.18 bits per heavy atom. The van der Waals surface area contributed by atoms with Gasteiger partial charge in [-0.15, -0.1) is 16.4 Å². The van der Waals surface area contributed by atoms with Gasteiger partial charge in [0.25, 0.3) is 5.88 Å². The number of hydrogen-bond donors (Lipinski definition) is 1. The van der Waals surface area contributed by atoms with Crippen LogP contribution in [0.5, 0.6) is 5.88 Å². The van der Waals surface area contributed by atoms with E-state index >= 15 is 0 Å². The molecule has 0 unspecified atom stereocenters. The van der Waals surface area contributed by atoms with E-state index in [1.807, 2.05) is 45.3 Å². The van der Waals surface area contributed by atoms with Crippen molar-refractivity contribution in [2.24, 2.45) is 7.05 Å². The van der Waals surface area contributed by atoms with Gasteiger partial charge in [-0.25, -0.2) is 4.39 Å². The number of benzene rings is 1. The van der Waals surface area contributed by atoms with Gasteiger partial charge in [-0.05, 0) is 44.5 Å². The molecule has 4 nitrogen and oxygen atoms in total. The van der Waals surface area contributed by atoms with Gasteiger partial charge in [0.2, 0.25) is 0 Å². The lowest BCUT2D eigenvalue weighted by molar-refractivity contribution is 0.157. The van der Waals surface area contributed by atoms with Crippen LogP contribution >= 0.6 is 11.3 Å². The molecule has 1 aliphatic heterocycles. The molecule has 0 aliphatic carbocycles. The molecule has 6 heteroatoms. The summed E-state index contributed by atoms with van der Waals surface area (Å²) in [7, 11) is 1.89. The van der Waals surface area contributed by atoms with Crippen LogP contribution in [0.15, 0.2) is 23.6 Å². The van der Waals surface area contributed by atoms with E-state index in [0.717, 1.165) is 47.3 Å². The third-order valence-electron chi connectivity index (χ3n) is 4.50. The predicted molar refractivity (Wildman–Crippen MR) is 120 cm³/mol. The second-order valence-corrected chi connectivity index (χ2v) is 7.19. The highest BCUT2D eigenvalue weighted by molar-refractivity contribution is 7.18. The normalized spacial score (nSPS) is 13.9. The van der Waals surface area contributed by atoms with E-state index in [4.69, 9.17) is 4.74 Å². The van der Waals surface area contributed by atoms with Crippen molar-refractivity contribution in [3.05, 3.63) is 35.0 Å². The lowest BCUT2D eigenvalue weighted by Crippen LogP contribution is -2.34. The van der Waals surface area contributed by atoms with Crippen molar-refractivity contribution in [3.8, 4) is 17.0 Å².